The summed E-state index contributed by atoms with van der Waals surface area (Å²) < 4.78 is 5.29. The van der Waals surface area contributed by atoms with Gasteiger partial charge < -0.3 is 10.1 Å². The first-order chi connectivity index (χ1) is 7.78. The Kier molecular flexibility index (Phi) is 3.24. The summed E-state index contributed by atoms with van der Waals surface area (Å²) >= 11 is 1.70. The zero-order valence-electron chi connectivity index (χ0n) is 9.70. The van der Waals surface area contributed by atoms with Gasteiger partial charge in [0.25, 0.3) is 0 Å². The van der Waals surface area contributed by atoms with Gasteiger partial charge >= 0.3 is 0 Å². The number of thiophene rings is 1. The van der Waals surface area contributed by atoms with Crippen molar-refractivity contribution in [3.63, 3.8) is 0 Å². The van der Waals surface area contributed by atoms with E-state index in [4.69, 9.17) is 4.74 Å². The third-order valence-corrected chi connectivity index (χ3v) is 3.46. The van der Waals surface area contributed by atoms with Crippen molar-refractivity contribution in [3.05, 3.63) is 10.9 Å². The first-order valence-corrected chi connectivity index (χ1v) is 6.18. The first kappa shape index (κ1) is 11.1. The van der Waals surface area contributed by atoms with E-state index in [1.165, 1.54) is 4.88 Å². The number of hydrogen-bond acceptors (Lipinski definition) is 5. The van der Waals surface area contributed by atoms with Gasteiger partial charge in [0.1, 0.15) is 4.83 Å². The zero-order chi connectivity index (χ0) is 11.5. The standard InChI is InChI=1S/C11H15N3OS/c1-4-7-6-8-9(15-3)13-11(12-5-2)14-10(8)16-7/h6H,4-5H2,1-3H3,(H,12,13,14). The molecule has 0 bridgehead atoms. The molecule has 1 N–H and O–H groups in total. The highest BCUT2D eigenvalue weighted by molar-refractivity contribution is 7.18. The molecule has 0 spiro atoms. The number of hydrogen-bond donors (Lipinski definition) is 1. The Bertz CT molecular complexity index is 495. The fourth-order valence-electron chi connectivity index (χ4n) is 1.51. The number of anilines is 1. The Hall–Kier alpha value is -1.36. The number of aromatic nitrogens is 2. The van der Waals surface area contributed by atoms with Gasteiger partial charge in [0.2, 0.25) is 11.8 Å². The molecule has 0 saturated heterocycles. The third kappa shape index (κ3) is 1.95. The van der Waals surface area contributed by atoms with Crippen LogP contribution < -0.4 is 10.1 Å². The highest BCUT2D eigenvalue weighted by Gasteiger charge is 2.11. The number of fused-ring (bicyclic) bond motifs is 1. The van der Waals surface area contributed by atoms with Crippen molar-refractivity contribution in [3.8, 4) is 5.88 Å². The summed E-state index contributed by atoms with van der Waals surface area (Å²) in [5.74, 6) is 1.29. The minimum Gasteiger partial charge on any atom is -0.480 e. The lowest BCUT2D eigenvalue weighted by Crippen LogP contribution is -2.02. The molecule has 86 valence electrons. The molecule has 16 heavy (non-hydrogen) atoms. The van der Waals surface area contributed by atoms with Gasteiger partial charge in [0.05, 0.1) is 12.5 Å². The Labute approximate surface area is 98.7 Å². The maximum atomic E-state index is 5.29. The summed E-state index contributed by atoms with van der Waals surface area (Å²) in [5.41, 5.74) is 0. The second kappa shape index (κ2) is 4.65. The van der Waals surface area contributed by atoms with Gasteiger partial charge in [-0.2, -0.15) is 4.98 Å². The van der Waals surface area contributed by atoms with E-state index in [1.54, 1.807) is 18.4 Å². The fourth-order valence-corrected chi connectivity index (χ4v) is 2.47. The van der Waals surface area contributed by atoms with E-state index in [-0.39, 0.29) is 0 Å². The van der Waals surface area contributed by atoms with Crippen LogP contribution in [-0.4, -0.2) is 23.6 Å². The second-order valence-electron chi connectivity index (χ2n) is 3.37. The van der Waals surface area contributed by atoms with E-state index in [0.29, 0.717) is 11.8 Å². The van der Waals surface area contributed by atoms with Gasteiger partial charge in [0.15, 0.2) is 0 Å². The first-order valence-electron chi connectivity index (χ1n) is 5.36. The maximum Gasteiger partial charge on any atom is 0.227 e. The van der Waals surface area contributed by atoms with Crippen LogP contribution in [0, 0.1) is 0 Å². The molecule has 5 heteroatoms. The lowest BCUT2D eigenvalue weighted by Gasteiger charge is -2.04. The van der Waals surface area contributed by atoms with E-state index < -0.39 is 0 Å². The van der Waals surface area contributed by atoms with Crippen LogP contribution in [-0.2, 0) is 6.42 Å². The van der Waals surface area contributed by atoms with Crippen LogP contribution in [0.1, 0.15) is 18.7 Å². The zero-order valence-corrected chi connectivity index (χ0v) is 10.5. The minimum absolute atomic E-state index is 0.636. The lowest BCUT2D eigenvalue weighted by atomic mass is 10.3. The van der Waals surface area contributed by atoms with E-state index in [0.717, 1.165) is 23.2 Å². The lowest BCUT2D eigenvalue weighted by molar-refractivity contribution is 0.403. The number of nitrogens with one attached hydrogen (secondary N) is 1. The average molecular weight is 237 g/mol. The smallest absolute Gasteiger partial charge is 0.227 e. The predicted molar refractivity (Wildman–Crippen MR) is 67.5 cm³/mol. The molecule has 2 rings (SSSR count). The van der Waals surface area contributed by atoms with Gasteiger partial charge in [-0.3, -0.25) is 0 Å². The summed E-state index contributed by atoms with van der Waals surface area (Å²) in [7, 11) is 1.64. The summed E-state index contributed by atoms with van der Waals surface area (Å²) in [6, 6.07) is 2.11. The molecule has 0 fully saturated rings. The normalized spacial score (nSPS) is 10.7. The molecular formula is C11H15N3OS. The van der Waals surface area contributed by atoms with E-state index in [1.807, 2.05) is 6.92 Å². The number of rotatable bonds is 4. The molecule has 0 aliphatic rings. The third-order valence-electron chi connectivity index (χ3n) is 2.29. The van der Waals surface area contributed by atoms with Gasteiger partial charge in [-0.1, -0.05) is 6.92 Å². The SMILES string of the molecule is CCNc1nc(OC)c2cc(CC)sc2n1. The van der Waals surface area contributed by atoms with Crippen molar-refractivity contribution in [2.24, 2.45) is 0 Å². The Morgan fingerprint density at radius 1 is 1.38 bits per heavy atom. The number of nitrogens with zero attached hydrogens (tertiary/aromatic N) is 2. The molecule has 2 aromatic heterocycles. The Morgan fingerprint density at radius 3 is 2.81 bits per heavy atom. The highest BCUT2D eigenvalue weighted by Crippen LogP contribution is 2.31. The quantitative estimate of drug-likeness (QED) is 0.888. The fraction of sp³-hybridized carbons (Fsp3) is 0.455. The van der Waals surface area contributed by atoms with E-state index in [2.05, 4.69) is 28.3 Å². The van der Waals surface area contributed by atoms with Gasteiger partial charge in [-0.05, 0) is 19.4 Å². The summed E-state index contributed by atoms with van der Waals surface area (Å²) in [6.07, 6.45) is 1.01. The van der Waals surface area contributed by atoms with Crippen LogP contribution in [0.2, 0.25) is 0 Å². The summed E-state index contributed by atoms with van der Waals surface area (Å²) in [4.78, 5) is 11.1. The predicted octanol–water partition coefficient (Wildman–Crippen LogP) is 2.69. The molecule has 0 radical (unpaired) electrons. The Morgan fingerprint density at radius 2 is 2.19 bits per heavy atom. The Balaban J connectivity index is 2.56. The average Bonchev–Trinajstić information content (AvgIpc) is 2.71. The van der Waals surface area contributed by atoms with Crippen LogP contribution in [0.3, 0.4) is 0 Å². The molecule has 0 saturated carbocycles. The van der Waals surface area contributed by atoms with Crippen LogP contribution >= 0.6 is 11.3 Å². The van der Waals surface area contributed by atoms with Gasteiger partial charge in [-0.15, -0.1) is 11.3 Å². The molecular weight excluding hydrogens is 222 g/mol. The summed E-state index contributed by atoms with van der Waals surface area (Å²) in [6.45, 7) is 4.96. The number of methoxy groups -OCH3 is 1. The van der Waals surface area contributed by atoms with Gasteiger partial charge in [-0.25, -0.2) is 4.98 Å². The molecule has 0 atom stereocenters. The topological polar surface area (TPSA) is 47.0 Å². The largest absolute Gasteiger partial charge is 0.480 e. The molecule has 4 nitrogen and oxygen atoms in total. The van der Waals surface area contributed by atoms with Crippen molar-refractivity contribution >= 4 is 27.5 Å². The van der Waals surface area contributed by atoms with Crippen LogP contribution in [0.25, 0.3) is 10.2 Å². The van der Waals surface area contributed by atoms with E-state index in [9.17, 15) is 0 Å². The molecule has 0 unspecified atom stereocenters. The molecule has 0 aliphatic heterocycles. The van der Waals surface area contributed by atoms with Crippen molar-refractivity contribution in [2.45, 2.75) is 20.3 Å². The van der Waals surface area contributed by atoms with Crippen LogP contribution in [0.4, 0.5) is 5.95 Å². The van der Waals surface area contributed by atoms with Gasteiger partial charge in [0, 0.05) is 11.4 Å². The summed E-state index contributed by atoms with van der Waals surface area (Å²) in [5, 5.41) is 4.11. The second-order valence-corrected chi connectivity index (χ2v) is 4.49. The van der Waals surface area contributed by atoms with Crippen molar-refractivity contribution < 1.29 is 4.74 Å². The number of aryl methyl sites for hydroxylation is 1. The van der Waals surface area contributed by atoms with E-state index >= 15 is 0 Å². The van der Waals surface area contributed by atoms with Crippen LogP contribution in [0.15, 0.2) is 6.07 Å². The monoisotopic (exact) mass is 237 g/mol. The van der Waals surface area contributed by atoms with Crippen molar-refractivity contribution in [2.75, 3.05) is 19.0 Å². The minimum atomic E-state index is 0.636. The maximum absolute atomic E-state index is 5.29. The molecule has 2 aromatic rings. The molecule has 2 heterocycles. The van der Waals surface area contributed by atoms with Crippen molar-refractivity contribution in [1.82, 2.24) is 9.97 Å². The molecule has 0 aromatic carbocycles. The van der Waals surface area contributed by atoms with Crippen molar-refractivity contribution in [1.29, 1.82) is 0 Å². The van der Waals surface area contributed by atoms with Crippen LogP contribution in [0.5, 0.6) is 5.88 Å². The molecule has 0 amide bonds. The number of ether oxygens (including phenoxy) is 1. The highest BCUT2D eigenvalue weighted by atomic mass is 32.1. The molecule has 0 aliphatic carbocycles.